The smallest absolute Gasteiger partial charge is 0.261 e. The van der Waals surface area contributed by atoms with E-state index in [-0.39, 0.29) is 19.2 Å². The monoisotopic (exact) mass is 305 g/mol. The summed E-state index contributed by atoms with van der Waals surface area (Å²) >= 11 is 1.36. The quantitative estimate of drug-likeness (QED) is 0.908. The number of benzene rings is 1. The fourth-order valence-corrected chi connectivity index (χ4v) is 2.72. The molecule has 1 amide bonds. The number of amides is 1. The van der Waals surface area contributed by atoms with Gasteiger partial charge in [0.2, 0.25) is 6.79 Å². The zero-order chi connectivity index (χ0) is 14.9. The van der Waals surface area contributed by atoms with Crippen molar-refractivity contribution in [1.29, 1.82) is 0 Å². The molecule has 21 heavy (non-hydrogen) atoms. The van der Waals surface area contributed by atoms with E-state index in [2.05, 4.69) is 5.32 Å². The highest BCUT2D eigenvalue weighted by molar-refractivity contribution is 7.12. The van der Waals surface area contributed by atoms with Crippen molar-refractivity contribution in [3.63, 3.8) is 0 Å². The lowest BCUT2D eigenvalue weighted by Gasteiger charge is -2.24. The highest BCUT2D eigenvalue weighted by Crippen LogP contribution is 2.35. The van der Waals surface area contributed by atoms with E-state index in [4.69, 9.17) is 9.47 Å². The number of thiophene rings is 1. The number of rotatable bonds is 4. The Morgan fingerprint density at radius 1 is 1.38 bits per heavy atom. The minimum absolute atomic E-state index is 0.114. The summed E-state index contributed by atoms with van der Waals surface area (Å²) in [5.41, 5.74) is -0.522. The van der Waals surface area contributed by atoms with Gasteiger partial charge in [0.1, 0.15) is 5.60 Å². The molecule has 0 saturated carbocycles. The number of aliphatic hydroxyl groups is 1. The van der Waals surface area contributed by atoms with Gasteiger partial charge in [-0.25, -0.2) is 0 Å². The van der Waals surface area contributed by atoms with Gasteiger partial charge in [-0.1, -0.05) is 12.1 Å². The Labute approximate surface area is 126 Å². The van der Waals surface area contributed by atoms with Crippen molar-refractivity contribution in [2.75, 3.05) is 13.3 Å². The van der Waals surface area contributed by atoms with Crippen LogP contribution in [-0.4, -0.2) is 24.4 Å². The van der Waals surface area contributed by atoms with Crippen LogP contribution >= 0.6 is 11.3 Å². The largest absolute Gasteiger partial charge is 0.454 e. The molecule has 2 aromatic rings. The number of hydrogen-bond acceptors (Lipinski definition) is 5. The topological polar surface area (TPSA) is 67.8 Å². The van der Waals surface area contributed by atoms with Gasteiger partial charge in [0.15, 0.2) is 11.5 Å². The van der Waals surface area contributed by atoms with Gasteiger partial charge in [-0.05, 0) is 36.1 Å². The van der Waals surface area contributed by atoms with Gasteiger partial charge < -0.3 is 19.9 Å². The van der Waals surface area contributed by atoms with Gasteiger partial charge >= 0.3 is 0 Å². The predicted molar refractivity (Wildman–Crippen MR) is 78.8 cm³/mol. The molecule has 0 unspecified atom stereocenters. The maximum Gasteiger partial charge on any atom is 0.261 e. The normalized spacial score (nSPS) is 15.5. The summed E-state index contributed by atoms with van der Waals surface area (Å²) in [4.78, 5) is 12.5. The van der Waals surface area contributed by atoms with Crippen molar-refractivity contribution < 1.29 is 19.4 Å². The fraction of sp³-hybridized carbons (Fsp3) is 0.267. The van der Waals surface area contributed by atoms with Crippen molar-refractivity contribution in [3.05, 3.63) is 46.2 Å². The molecule has 1 aromatic heterocycles. The lowest BCUT2D eigenvalue weighted by molar-refractivity contribution is 0.0526. The molecule has 0 fully saturated rings. The molecule has 1 aliphatic rings. The second-order valence-corrected chi connectivity index (χ2v) is 5.95. The summed E-state index contributed by atoms with van der Waals surface area (Å²) < 4.78 is 10.5. The molecule has 1 aromatic carbocycles. The lowest BCUT2D eigenvalue weighted by atomic mass is 9.95. The van der Waals surface area contributed by atoms with Crippen molar-refractivity contribution in [1.82, 2.24) is 5.32 Å². The number of hydrogen-bond donors (Lipinski definition) is 2. The van der Waals surface area contributed by atoms with Crippen LogP contribution in [0.25, 0.3) is 0 Å². The van der Waals surface area contributed by atoms with Gasteiger partial charge in [0, 0.05) is 0 Å². The summed E-state index contributed by atoms with van der Waals surface area (Å²) in [5.74, 6) is 1.08. The minimum atomic E-state index is -1.19. The third kappa shape index (κ3) is 2.86. The first-order valence-electron chi connectivity index (χ1n) is 6.50. The summed E-state index contributed by atoms with van der Waals surface area (Å²) in [6.45, 7) is 1.96. The van der Waals surface area contributed by atoms with Gasteiger partial charge in [-0.3, -0.25) is 4.79 Å². The van der Waals surface area contributed by atoms with Crippen molar-refractivity contribution in [3.8, 4) is 11.5 Å². The number of carbonyl (C=O) groups is 1. The van der Waals surface area contributed by atoms with Crippen molar-refractivity contribution in [2.45, 2.75) is 12.5 Å². The Kier molecular flexibility index (Phi) is 3.57. The first-order chi connectivity index (χ1) is 10.1. The molecule has 3 rings (SSSR count). The second-order valence-electron chi connectivity index (χ2n) is 5.00. The molecule has 1 atom stereocenters. The first kappa shape index (κ1) is 13.9. The van der Waals surface area contributed by atoms with E-state index in [1.54, 1.807) is 31.2 Å². The molecule has 0 radical (unpaired) electrons. The minimum Gasteiger partial charge on any atom is -0.454 e. The third-order valence-corrected chi connectivity index (χ3v) is 4.20. The number of ether oxygens (including phenoxy) is 2. The predicted octanol–water partition coefficient (Wildman–Crippen LogP) is 2.11. The molecule has 0 saturated heterocycles. The summed E-state index contributed by atoms with van der Waals surface area (Å²) in [5, 5.41) is 15.1. The summed E-state index contributed by atoms with van der Waals surface area (Å²) in [7, 11) is 0. The molecule has 0 spiro atoms. The molecule has 0 bridgehead atoms. The number of fused-ring (bicyclic) bond motifs is 1. The highest BCUT2D eigenvalue weighted by atomic mass is 32.1. The molecule has 0 aliphatic carbocycles. The number of carbonyl (C=O) groups excluding carboxylic acids is 1. The average molecular weight is 305 g/mol. The van der Waals surface area contributed by atoms with E-state index in [1.165, 1.54) is 11.3 Å². The SMILES string of the molecule is C[C@](O)(CNC(=O)c1cccs1)c1ccc2c(c1)OCO2. The molecule has 2 heterocycles. The summed E-state index contributed by atoms with van der Waals surface area (Å²) in [6, 6.07) is 8.82. The zero-order valence-corrected chi connectivity index (χ0v) is 12.3. The lowest BCUT2D eigenvalue weighted by Crippen LogP contribution is -2.38. The van der Waals surface area contributed by atoms with E-state index in [9.17, 15) is 9.90 Å². The molecule has 1 aliphatic heterocycles. The van der Waals surface area contributed by atoms with E-state index in [0.717, 1.165) is 0 Å². The molecule has 5 nitrogen and oxygen atoms in total. The van der Waals surface area contributed by atoms with Crippen LogP contribution < -0.4 is 14.8 Å². The van der Waals surface area contributed by atoms with Gasteiger partial charge in [-0.2, -0.15) is 0 Å². The van der Waals surface area contributed by atoms with Gasteiger partial charge in [-0.15, -0.1) is 11.3 Å². The van der Waals surface area contributed by atoms with Crippen LogP contribution in [0.15, 0.2) is 35.7 Å². The highest BCUT2D eigenvalue weighted by Gasteiger charge is 2.26. The Morgan fingerprint density at radius 3 is 2.95 bits per heavy atom. The standard InChI is InChI=1S/C15H15NO4S/c1-15(18,8-16-14(17)13-3-2-6-21-13)10-4-5-11-12(7-10)20-9-19-11/h2-7,18H,8-9H2,1H3,(H,16,17)/t15-/m0/s1. The van der Waals surface area contributed by atoms with Crippen molar-refractivity contribution >= 4 is 17.2 Å². The maximum atomic E-state index is 11.9. The molecular formula is C15H15NO4S. The third-order valence-electron chi connectivity index (χ3n) is 3.33. The Hall–Kier alpha value is -2.05. The van der Waals surface area contributed by atoms with Crippen LogP contribution in [0.4, 0.5) is 0 Å². The number of nitrogens with one attached hydrogen (secondary N) is 1. The Bertz CT molecular complexity index is 652. The fourth-order valence-electron chi connectivity index (χ4n) is 2.08. The average Bonchev–Trinajstić information content (AvgIpc) is 3.14. The maximum absolute atomic E-state index is 11.9. The Balaban J connectivity index is 1.70. The van der Waals surface area contributed by atoms with E-state index in [1.807, 2.05) is 11.4 Å². The van der Waals surface area contributed by atoms with Crippen LogP contribution in [-0.2, 0) is 5.60 Å². The molecule has 2 N–H and O–H groups in total. The summed E-state index contributed by atoms with van der Waals surface area (Å²) in [6.07, 6.45) is 0. The second kappa shape index (κ2) is 5.38. The van der Waals surface area contributed by atoms with E-state index >= 15 is 0 Å². The van der Waals surface area contributed by atoms with Crippen molar-refractivity contribution in [2.24, 2.45) is 0 Å². The van der Waals surface area contributed by atoms with Crippen LogP contribution in [0.3, 0.4) is 0 Å². The van der Waals surface area contributed by atoms with Crippen LogP contribution in [0.1, 0.15) is 22.2 Å². The molecule has 6 heteroatoms. The van der Waals surface area contributed by atoms with Gasteiger partial charge in [0.05, 0.1) is 11.4 Å². The first-order valence-corrected chi connectivity index (χ1v) is 7.38. The van der Waals surface area contributed by atoms with Crippen LogP contribution in [0.2, 0.25) is 0 Å². The van der Waals surface area contributed by atoms with Crippen LogP contribution in [0, 0.1) is 0 Å². The Morgan fingerprint density at radius 2 is 2.19 bits per heavy atom. The van der Waals surface area contributed by atoms with Gasteiger partial charge in [0.25, 0.3) is 5.91 Å². The molecule has 110 valence electrons. The van der Waals surface area contributed by atoms with E-state index < -0.39 is 5.60 Å². The van der Waals surface area contributed by atoms with Crippen LogP contribution in [0.5, 0.6) is 11.5 Å². The van der Waals surface area contributed by atoms with E-state index in [0.29, 0.717) is 21.9 Å². The zero-order valence-electron chi connectivity index (χ0n) is 11.5. The molecular weight excluding hydrogens is 290 g/mol.